The second-order valence-electron chi connectivity index (χ2n) is 4.58. The molecule has 2 N–H and O–H groups in total. The fourth-order valence-electron chi connectivity index (χ4n) is 1.64. The summed E-state index contributed by atoms with van der Waals surface area (Å²) in [6.07, 6.45) is 2.71. The zero-order valence-corrected chi connectivity index (χ0v) is 11.0. The largest absolute Gasteiger partial charge is 0.481 e. The van der Waals surface area contributed by atoms with Crippen LogP contribution in [0.3, 0.4) is 0 Å². The van der Waals surface area contributed by atoms with Crippen molar-refractivity contribution in [3.63, 3.8) is 0 Å². The summed E-state index contributed by atoms with van der Waals surface area (Å²) < 4.78 is 0. The number of nitrogens with zero attached hydrogens (tertiary/aromatic N) is 1. The number of carbonyl (C=O) groups is 2. The van der Waals surface area contributed by atoms with Crippen molar-refractivity contribution in [3.05, 3.63) is 0 Å². The third kappa shape index (κ3) is 9.81. The van der Waals surface area contributed by atoms with E-state index in [-0.39, 0.29) is 12.3 Å². The summed E-state index contributed by atoms with van der Waals surface area (Å²) in [4.78, 5) is 23.6. The Morgan fingerprint density at radius 3 is 2.41 bits per heavy atom. The van der Waals surface area contributed by atoms with Crippen molar-refractivity contribution in [2.75, 3.05) is 27.2 Å². The van der Waals surface area contributed by atoms with Crippen LogP contribution in [0.15, 0.2) is 0 Å². The Hall–Kier alpha value is -1.10. The van der Waals surface area contributed by atoms with Gasteiger partial charge in [0.2, 0.25) is 5.91 Å². The topological polar surface area (TPSA) is 69.6 Å². The van der Waals surface area contributed by atoms with E-state index in [0.717, 1.165) is 12.8 Å². The lowest BCUT2D eigenvalue weighted by molar-refractivity contribution is -0.137. The van der Waals surface area contributed by atoms with Gasteiger partial charge in [-0.2, -0.15) is 0 Å². The number of aliphatic carboxylic acids is 1. The van der Waals surface area contributed by atoms with Crippen molar-refractivity contribution in [2.45, 2.75) is 32.6 Å². The molecule has 1 atom stereocenters. The first-order valence-electron chi connectivity index (χ1n) is 6.09. The smallest absolute Gasteiger partial charge is 0.303 e. The zero-order chi connectivity index (χ0) is 13.3. The van der Waals surface area contributed by atoms with Gasteiger partial charge in [-0.25, -0.2) is 0 Å². The Bertz CT molecular complexity index is 242. The van der Waals surface area contributed by atoms with Crippen molar-refractivity contribution in [3.8, 4) is 0 Å². The van der Waals surface area contributed by atoms with Gasteiger partial charge in [-0.15, -0.1) is 0 Å². The predicted octanol–water partition coefficient (Wildman–Crippen LogP) is 0.945. The molecule has 0 aliphatic rings. The second kappa shape index (κ2) is 8.98. The number of hydrogen-bond donors (Lipinski definition) is 2. The monoisotopic (exact) mass is 244 g/mol. The lowest BCUT2D eigenvalue weighted by atomic mass is 9.97. The van der Waals surface area contributed by atoms with Crippen LogP contribution < -0.4 is 5.32 Å². The summed E-state index contributed by atoms with van der Waals surface area (Å²) in [5, 5.41) is 11.4. The number of rotatable bonds is 9. The number of nitrogens with one attached hydrogen (secondary N) is 1. The van der Waals surface area contributed by atoms with Crippen molar-refractivity contribution in [1.29, 1.82) is 0 Å². The number of amides is 1. The normalized spacial score (nSPS) is 12.5. The number of carbonyl (C=O) groups excluding carboxylic acids is 1. The van der Waals surface area contributed by atoms with Crippen molar-refractivity contribution >= 4 is 11.9 Å². The average Bonchev–Trinajstić information content (AvgIpc) is 2.21. The Labute approximate surface area is 103 Å². The molecule has 0 rings (SSSR count). The molecule has 0 bridgehead atoms. The molecule has 0 saturated carbocycles. The van der Waals surface area contributed by atoms with Gasteiger partial charge in [0, 0.05) is 13.0 Å². The van der Waals surface area contributed by atoms with E-state index in [1.54, 1.807) is 0 Å². The molecule has 17 heavy (non-hydrogen) atoms. The van der Waals surface area contributed by atoms with Gasteiger partial charge < -0.3 is 15.3 Å². The molecule has 0 saturated heterocycles. The molecular formula is C12H24N2O3. The van der Waals surface area contributed by atoms with Crippen LogP contribution in [0, 0.1) is 5.92 Å². The van der Waals surface area contributed by atoms with Gasteiger partial charge in [0.15, 0.2) is 0 Å². The van der Waals surface area contributed by atoms with Crippen LogP contribution in [-0.2, 0) is 9.59 Å². The molecule has 0 aliphatic carbocycles. The summed E-state index contributed by atoms with van der Waals surface area (Å²) >= 11 is 0. The lowest BCUT2D eigenvalue weighted by Crippen LogP contribution is -2.34. The van der Waals surface area contributed by atoms with E-state index in [0.29, 0.717) is 25.4 Å². The molecule has 0 spiro atoms. The Morgan fingerprint density at radius 2 is 1.94 bits per heavy atom. The minimum Gasteiger partial charge on any atom is -0.481 e. The highest BCUT2D eigenvalue weighted by Gasteiger charge is 2.09. The molecule has 0 aromatic heterocycles. The van der Waals surface area contributed by atoms with E-state index in [9.17, 15) is 9.59 Å². The van der Waals surface area contributed by atoms with Crippen LogP contribution in [0.4, 0.5) is 0 Å². The SMILES string of the molecule is CCC(CCNC(=O)CN(C)C)CCC(=O)O. The summed E-state index contributed by atoms with van der Waals surface area (Å²) in [5.74, 6) is -0.353. The van der Waals surface area contributed by atoms with Gasteiger partial charge in [0.1, 0.15) is 0 Å². The van der Waals surface area contributed by atoms with Gasteiger partial charge in [0.25, 0.3) is 0 Å². The molecule has 100 valence electrons. The predicted molar refractivity (Wildman–Crippen MR) is 66.8 cm³/mol. The van der Waals surface area contributed by atoms with Crippen LogP contribution in [-0.4, -0.2) is 49.1 Å². The first kappa shape index (κ1) is 15.9. The molecule has 0 aliphatic heterocycles. The van der Waals surface area contributed by atoms with Gasteiger partial charge in [-0.1, -0.05) is 13.3 Å². The molecule has 5 nitrogen and oxygen atoms in total. The highest BCUT2D eigenvalue weighted by atomic mass is 16.4. The molecule has 1 unspecified atom stereocenters. The maximum absolute atomic E-state index is 11.3. The Balaban J connectivity index is 3.68. The van der Waals surface area contributed by atoms with Crippen molar-refractivity contribution < 1.29 is 14.7 Å². The lowest BCUT2D eigenvalue weighted by Gasteiger charge is -2.15. The summed E-state index contributed by atoms with van der Waals surface area (Å²) in [6.45, 7) is 3.07. The van der Waals surface area contributed by atoms with Crippen molar-refractivity contribution in [1.82, 2.24) is 10.2 Å². The maximum Gasteiger partial charge on any atom is 0.303 e. The van der Waals surface area contributed by atoms with Crippen molar-refractivity contribution in [2.24, 2.45) is 5.92 Å². The number of carboxylic acid groups (broad SMARTS) is 1. The van der Waals surface area contributed by atoms with E-state index in [2.05, 4.69) is 5.32 Å². The van der Waals surface area contributed by atoms with Gasteiger partial charge >= 0.3 is 5.97 Å². The molecule has 0 aromatic carbocycles. The first-order chi connectivity index (χ1) is 7.95. The molecule has 5 heteroatoms. The quantitative estimate of drug-likeness (QED) is 0.633. The van der Waals surface area contributed by atoms with E-state index in [1.807, 2.05) is 25.9 Å². The highest BCUT2D eigenvalue weighted by Crippen LogP contribution is 2.14. The molecule has 0 radical (unpaired) electrons. The fourth-order valence-corrected chi connectivity index (χ4v) is 1.64. The number of likely N-dealkylation sites (N-methyl/N-ethyl adjacent to an activating group) is 1. The minimum atomic E-state index is -0.750. The molecule has 0 aromatic rings. The Morgan fingerprint density at radius 1 is 1.29 bits per heavy atom. The van der Waals surface area contributed by atoms with E-state index in [4.69, 9.17) is 5.11 Å². The molecule has 1 amide bonds. The minimum absolute atomic E-state index is 0.0167. The third-order valence-corrected chi connectivity index (χ3v) is 2.68. The second-order valence-corrected chi connectivity index (χ2v) is 4.58. The van der Waals surface area contributed by atoms with Gasteiger partial charge in [-0.3, -0.25) is 9.59 Å². The number of hydrogen-bond acceptors (Lipinski definition) is 3. The molecular weight excluding hydrogens is 220 g/mol. The first-order valence-corrected chi connectivity index (χ1v) is 6.09. The zero-order valence-electron chi connectivity index (χ0n) is 11.0. The van der Waals surface area contributed by atoms with Gasteiger partial charge in [0.05, 0.1) is 6.54 Å². The van der Waals surface area contributed by atoms with E-state index in [1.165, 1.54) is 0 Å². The Kier molecular flexibility index (Phi) is 8.40. The van der Waals surface area contributed by atoms with Crippen LogP contribution in [0.5, 0.6) is 0 Å². The third-order valence-electron chi connectivity index (χ3n) is 2.68. The average molecular weight is 244 g/mol. The van der Waals surface area contributed by atoms with Gasteiger partial charge in [-0.05, 0) is 32.9 Å². The van der Waals surface area contributed by atoms with Crippen LogP contribution >= 0.6 is 0 Å². The number of carboxylic acids is 1. The van der Waals surface area contributed by atoms with E-state index < -0.39 is 5.97 Å². The van der Waals surface area contributed by atoms with Crippen LogP contribution in [0.2, 0.25) is 0 Å². The summed E-state index contributed by atoms with van der Waals surface area (Å²) in [7, 11) is 3.70. The molecule has 0 fully saturated rings. The molecule has 0 heterocycles. The fraction of sp³-hybridized carbons (Fsp3) is 0.833. The summed E-state index contributed by atoms with van der Waals surface area (Å²) in [5.41, 5.74) is 0. The summed E-state index contributed by atoms with van der Waals surface area (Å²) in [6, 6.07) is 0. The maximum atomic E-state index is 11.3. The van der Waals surface area contributed by atoms with E-state index >= 15 is 0 Å². The standard InChI is InChI=1S/C12H24N2O3/c1-4-10(5-6-12(16)17)7-8-13-11(15)9-14(2)3/h10H,4-9H2,1-3H3,(H,13,15)(H,16,17). The highest BCUT2D eigenvalue weighted by molar-refractivity contribution is 5.77. The van der Waals surface area contributed by atoms with Crippen LogP contribution in [0.1, 0.15) is 32.6 Å². The van der Waals surface area contributed by atoms with Crippen LogP contribution in [0.25, 0.3) is 0 Å².